The molecule has 28 heavy (non-hydrogen) atoms. The second-order valence-corrected chi connectivity index (χ2v) is 7.22. The van der Waals surface area contributed by atoms with Gasteiger partial charge in [0.05, 0.1) is 5.92 Å². The quantitative estimate of drug-likeness (QED) is 0.857. The first-order chi connectivity index (χ1) is 13.3. The fourth-order valence-corrected chi connectivity index (χ4v) is 3.47. The van der Waals surface area contributed by atoms with Crippen molar-refractivity contribution in [2.24, 2.45) is 5.92 Å². The second-order valence-electron chi connectivity index (χ2n) is 7.22. The van der Waals surface area contributed by atoms with E-state index in [-0.39, 0.29) is 24.1 Å². The minimum absolute atomic E-state index is 0.0412. The second kappa shape index (κ2) is 7.84. The van der Waals surface area contributed by atoms with Crippen LogP contribution in [0.4, 0.5) is 11.4 Å². The van der Waals surface area contributed by atoms with E-state index in [0.29, 0.717) is 17.8 Å². The Morgan fingerprint density at radius 3 is 2.50 bits per heavy atom. The number of nitrogens with zero attached hydrogens (tertiary/aromatic N) is 1. The fourth-order valence-electron chi connectivity index (χ4n) is 3.47. The number of amides is 3. The zero-order valence-corrected chi connectivity index (χ0v) is 16.6. The Morgan fingerprint density at radius 2 is 1.82 bits per heavy atom. The molecule has 0 saturated carbocycles. The number of carbonyl (C=O) groups excluding carboxylic acids is 3. The van der Waals surface area contributed by atoms with Gasteiger partial charge in [-0.25, -0.2) is 0 Å². The Balaban J connectivity index is 1.73. The average molecular weight is 379 g/mol. The molecule has 0 radical (unpaired) electrons. The minimum Gasteiger partial charge on any atom is -0.355 e. The molecule has 0 aromatic heterocycles. The van der Waals surface area contributed by atoms with Crippen molar-refractivity contribution in [2.75, 3.05) is 23.8 Å². The van der Waals surface area contributed by atoms with Crippen LogP contribution >= 0.6 is 0 Å². The van der Waals surface area contributed by atoms with Crippen molar-refractivity contribution in [3.8, 4) is 0 Å². The third-order valence-corrected chi connectivity index (χ3v) is 5.34. The van der Waals surface area contributed by atoms with Crippen molar-refractivity contribution in [3.63, 3.8) is 0 Å². The van der Waals surface area contributed by atoms with Crippen molar-refractivity contribution < 1.29 is 14.4 Å². The summed E-state index contributed by atoms with van der Waals surface area (Å²) < 4.78 is 0. The molecule has 1 fully saturated rings. The van der Waals surface area contributed by atoms with Gasteiger partial charge in [0.15, 0.2) is 0 Å². The average Bonchev–Trinajstić information content (AvgIpc) is 3.06. The molecule has 1 aliphatic rings. The van der Waals surface area contributed by atoms with E-state index in [9.17, 15) is 14.4 Å². The van der Waals surface area contributed by atoms with Crippen LogP contribution in [-0.2, 0) is 9.59 Å². The lowest BCUT2D eigenvalue weighted by Crippen LogP contribution is -2.29. The maximum atomic E-state index is 12.7. The molecule has 0 bridgehead atoms. The third kappa shape index (κ3) is 3.76. The van der Waals surface area contributed by atoms with Crippen molar-refractivity contribution in [3.05, 3.63) is 58.7 Å². The lowest BCUT2D eigenvalue weighted by atomic mass is 10.1. The van der Waals surface area contributed by atoms with E-state index in [1.165, 1.54) is 0 Å². The van der Waals surface area contributed by atoms with Crippen LogP contribution in [0.1, 0.15) is 33.5 Å². The first kappa shape index (κ1) is 19.6. The zero-order valence-electron chi connectivity index (χ0n) is 16.6. The summed E-state index contributed by atoms with van der Waals surface area (Å²) in [6.07, 6.45) is 0.189. The van der Waals surface area contributed by atoms with Gasteiger partial charge in [0, 0.05) is 37.0 Å². The standard InChI is InChI=1S/C22H25N3O3/c1-13-6-5-7-19(15(13)3)25-12-17(11-20(25)26)22(28)24-18-9-8-16(10-14(18)2)21(27)23-4/h5-10,17H,11-12H2,1-4H3,(H,23,27)(H,24,28). The minimum atomic E-state index is -0.412. The summed E-state index contributed by atoms with van der Waals surface area (Å²) in [6.45, 7) is 6.20. The highest BCUT2D eigenvalue weighted by molar-refractivity contribution is 6.04. The zero-order chi connectivity index (χ0) is 20.4. The Labute approximate surface area is 164 Å². The number of benzene rings is 2. The van der Waals surface area contributed by atoms with Crippen LogP contribution in [0.3, 0.4) is 0 Å². The van der Waals surface area contributed by atoms with Crippen LogP contribution in [0.15, 0.2) is 36.4 Å². The van der Waals surface area contributed by atoms with Crippen LogP contribution in [-0.4, -0.2) is 31.3 Å². The van der Waals surface area contributed by atoms with Crippen LogP contribution in [0.5, 0.6) is 0 Å². The van der Waals surface area contributed by atoms with Crippen LogP contribution in [0.25, 0.3) is 0 Å². The molecule has 1 unspecified atom stereocenters. The van der Waals surface area contributed by atoms with Gasteiger partial charge in [0.2, 0.25) is 11.8 Å². The number of nitrogens with one attached hydrogen (secondary N) is 2. The molecule has 2 N–H and O–H groups in total. The van der Waals surface area contributed by atoms with Gasteiger partial charge in [-0.2, -0.15) is 0 Å². The predicted molar refractivity (Wildman–Crippen MR) is 110 cm³/mol. The van der Waals surface area contributed by atoms with E-state index in [4.69, 9.17) is 0 Å². The van der Waals surface area contributed by atoms with E-state index >= 15 is 0 Å². The van der Waals surface area contributed by atoms with E-state index in [0.717, 1.165) is 22.4 Å². The maximum Gasteiger partial charge on any atom is 0.251 e. The summed E-state index contributed by atoms with van der Waals surface area (Å²) in [5.41, 5.74) is 5.02. The molecule has 3 rings (SSSR count). The van der Waals surface area contributed by atoms with E-state index < -0.39 is 5.92 Å². The molecule has 0 aliphatic carbocycles. The highest BCUT2D eigenvalue weighted by Crippen LogP contribution is 2.30. The molecule has 6 heteroatoms. The van der Waals surface area contributed by atoms with E-state index in [1.54, 1.807) is 30.1 Å². The normalized spacial score (nSPS) is 16.2. The van der Waals surface area contributed by atoms with E-state index in [2.05, 4.69) is 10.6 Å². The molecule has 3 amide bonds. The summed E-state index contributed by atoms with van der Waals surface area (Å²) in [7, 11) is 1.58. The molecule has 146 valence electrons. The van der Waals surface area contributed by atoms with Gasteiger partial charge in [0.1, 0.15) is 0 Å². The van der Waals surface area contributed by atoms with Crippen molar-refractivity contribution in [2.45, 2.75) is 27.2 Å². The van der Waals surface area contributed by atoms with Crippen molar-refractivity contribution in [1.29, 1.82) is 0 Å². The van der Waals surface area contributed by atoms with Gasteiger partial charge < -0.3 is 15.5 Å². The third-order valence-electron chi connectivity index (χ3n) is 5.34. The highest BCUT2D eigenvalue weighted by Gasteiger charge is 2.35. The number of hydrogen-bond donors (Lipinski definition) is 2. The molecule has 2 aromatic rings. The highest BCUT2D eigenvalue weighted by atomic mass is 16.2. The van der Waals surface area contributed by atoms with Gasteiger partial charge in [-0.15, -0.1) is 0 Å². The molecule has 2 aromatic carbocycles. The topological polar surface area (TPSA) is 78.5 Å². The SMILES string of the molecule is CNC(=O)c1ccc(NC(=O)C2CC(=O)N(c3cccc(C)c3C)C2)c(C)c1. The Bertz CT molecular complexity index is 952. The molecule has 6 nitrogen and oxygen atoms in total. The van der Waals surface area contributed by atoms with Gasteiger partial charge >= 0.3 is 0 Å². The molecule has 1 saturated heterocycles. The van der Waals surface area contributed by atoms with Gasteiger partial charge in [0.25, 0.3) is 5.91 Å². The van der Waals surface area contributed by atoms with Gasteiger partial charge in [-0.3, -0.25) is 14.4 Å². The first-order valence-corrected chi connectivity index (χ1v) is 9.32. The molecule has 1 heterocycles. The van der Waals surface area contributed by atoms with Crippen molar-refractivity contribution in [1.82, 2.24) is 5.32 Å². The molecule has 0 spiro atoms. The van der Waals surface area contributed by atoms with Gasteiger partial charge in [-0.1, -0.05) is 12.1 Å². The summed E-state index contributed by atoms with van der Waals surface area (Å²) in [6, 6.07) is 11.0. The summed E-state index contributed by atoms with van der Waals surface area (Å²) in [5, 5.41) is 5.48. The summed E-state index contributed by atoms with van der Waals surface area (Å²) in [4.78, 5) is 38.7. The van der Waals surface area contributed by atoms with Gasteiger partial charge in [-0.05, 0) is 61.7 Å². The summed E-state index contributed by atoms with van der Waals surface area (Å²) >= 11 is 0. The van der Waals surface area contributed by atoms with Crippen LogP contribution in [0, 0.1) is 26.7 Å². The smallest absolute Gasteiger partial charge is 0.251 e. The lowest BCUT2D eigenvalue weighted by Gasteiger charge is -2.20. The summed E-state index contributed by atoms with van der Waals surface area (Å²) in [5.74, 6) is -0.811. The molecule has 1 aliphatic heterocycles. The Morgan fingerprint density at radius 1 is 1.07 bits per heavy atom. The molecular formula is C22H25N3O3. The van der Waals surface area contributed by atoms with Crippen LogP contribution < -0.4 is 15.5 Å². The Hall–Kier alpha value is -3.15. The maximum absolute atomic E-state index is 12.7. The largest absolute Gasteiger partial charge is 0.355 e. The number of hydrogen-bond acceptors (Lipinski definition) is 3. The fraction of sp³-hybridized carbons (Fsp3) is 0.318. The molecular weight excluding hydrogens is 354 g/mol. The van der Waals surface area contributed by atoms with Crippen molar-refractivity contribution >= 4 is 29.1 Å². The Kier molecular flexibility index (Phi) is 5.49. The lowest BCUT2D eigenvalue weighted by molar-refractivity contribution is -0.122. The predicted octanol–water partition coefficient (Wildman–Crippen LogP) is 2.96. The number of anilines is 2. The number of rotatable bonds is 4. The van der Waals surface area contributed by atoms with E-state index in [1.807, 2.05) is 39.0 Å². The van der Waals surface area contributed by atoms with Crippen LogP contribution in [0.2, 0.25) is 0 Å². The number of aryl methyl sites for hydroxylation is 2. The monoisotopic (exact) mass is 379 g/mol. The molecule has 1 atom stereocenters. The first-order valence-electron chi connectivity index (χ1n) is 9.32. The number of carbonyl (C=O) groups is 3.